The van der Waals surface area contributed by atoms with Crippen molar-refractivity contribution < 1.29 is 9.53 Å². The van der Waals surface area contributed by atoms with Crippen LogP contribution < -0.4 is 11.1 Å². The molecule has 0 spiro atoms. The van der Waals surface area contributed by atoms with Gasteiger partial charge in [0.2, 0.25) is 0 Å². The quantitative estimate of drug-likeness (QED) is 0.398. The smallest absolute Gasteiger partial charge is 0.404 e. The number of amides is 1. The van der Waals surface area contributed by atoms with Gasteiger partial charge in [0.25, 0.3) is 0 Å². The molecule has 0 rings (SSSR count). The molecule has 0 heterocycles. The lowest BCUT2D eigenvalue weighted by Gasteiger charge is -1.99. The monoisotopic (exact) mass is 143 g/mol. The Kier molecular flexibility index (Phi) is 5.10. The molecule has 1 amide bonds. The fourth-order valence-electron chi connectivity index (χ4n) is 0.368. The molecular formula is C5H9N3O2. The van der Waals surface area contributed by atoms with E-state index in [1.165, 1.54) is 0 Å². The Morgan fingerprint density at radius 3 is 3.00 bits per heavy atom. The summed E-state index contributed by atoms with van der Waals surface area (Å²) in [5, 5.41) is 10.7. The van der Waals surface area contributed by atoms with Crippen LogP contribution in [0.5, 0.6) is 0 Å². The number of carbonyl (C=O) groups excluding carboxylic acids is 1. The zero-order valence-corrected chi connectivity index (χ0v) is 5.46. The van der Waals surface area contributed by atoms with E-state index in [1.54, 1.807) is 0 Å². The molecule has 5 nitrogen and oxygen atoms in total. The van der Waals surface area contributed by atoms with Crippen LogP contribution in [-0.2, 0) is 4.74 Å². The predicted molar refractivity (Wildman–Crippen MR) is 34.0 cm³/mol. The summed E-state index contributed by atoms with van der Waals surface area (Å²) >= 11 is 0. The van der Waals surface area contributed by atoms with Gasteiger partial charge in [-0.3, -0.25) is 0 Å². The van der Waals surface area contributed by atoms with Crippen LogP contribution in [0.1, 0.15) is 0 Å². The highest BCUT2D eigenvalue weighted by molar-refractivity contribution is 5.64. The maximum absolute atomic E-state index is 9.94. The molecule has 0 aromatic rings. The van der Waals surface area contributed by atoms with Crippen LogP contribution in [0.2, 0.25) is 0 Å². The summed E-state index contributed by atoms with van der Waals surface area (Å²) in [6, 6.07) is 1.87. The Balaban J connectivity index is 2.92. The Morgan fingerprint density at radius 2 is 2.50 bits per heavy atom. The SMILES string of the molecule is N#CCNCCOC(N)=O. The van der Waals surface area contributed by atoms with Crippen molar-refractivity contribution in [2.24, 2.45) is 5.73 Å². The number of primary amides is 1. The van der Waals surface area contributed by atoms with Gasteiger partial charge >= 0.3 is 6.09 Å². The van der Waals surface area contributed by atoms with Crippen LogP contribution in [0.25, 0.3) is 0 Å². The molecule has 56 valence electrons. The molecule has 10 heavy (non-hydrogen) atoms. The first-order valence-corrected chi connectivity index (χ1v) is 2.77. The molecule has 3 N–H and O–H groups in total. The summed E-state index contributed by atoms with van der Waals surface area (Å²) in [4.78, 5) is 9.94. The van der Waals surface area contributed by atoms with E-state index in [2.05, 4.69) is 15.8 Å². The molecule has 0 atom stereocenters. The van der Waals surface area contributed by atoms with E-state index in [-0.39, 0.29) is 13.2 Å². The zero-order valence-electron chi connectivity index (χ0n) is 5.46. The van der Waals surface area contributed by atoms with Crippen LogP contribution in [0.4, 0.5) is 4.79 Å². The number of nitrogens with two attached hydrogens (primary N) is 1. The maximum Gasteiger partial charge on any atom is 0.404 e. The topological polar surface area (TPSA) is 88.1 Å². The largest absolute Gasteiger partial charge is 0.448 e. The molecule has 0 aromatic carbocycles. The maximum atomic E-state index is 9.94. The van der Waals surface area contributed by atoms with Gasteiger partial charge in [-0.05, 0) is 0 Å². The normalized spacial score (nSPS) is 8.30. The number of nitrogens with one attached hydrogen (secondary N) is 1. The van der Waals surface area contributed by atoms with Gasteiger partial charge in [0.1, 0.15) is 6.61 Å². The Bertz CT molecular complexity index is 140. The highest BCUT2D eigenvalue weighted by Crippen LogP contribution is 1.69. The molecule has 0 aliphatic carbocycles. The summed E-state index contributed by atoms with van der Waals surface area (Å²) in [5.74, 6) is 0. The Hall–Kier alpha value is -1.28. The standard InChI is InChI=1S/C5H9N3O2/c6-1-2-8-3-4-10-5(7)9/h8H,2-4H2,(H2,7,9). The van der Waals surface area contributed by atoms with E-state index < -0.39 is 6.09 Å². The van der Waals surface area contributed by atoms with E-state index >= 15 is 0 Å². The lowest BCUT2D eigenvalue weighted by molar-refractivity contribution is 0.158. The van der Waals surface area contributed by atoms with Crippen molar-refractivity contribution in [3.63, 3.8) is 0 Å². The van der Waals surface area contributed by atoms with Gasteiger partial charge in [0.15, 0.2) is 0 Å². The van der Waals surface area contributed by atoms with E-state index in [0.717, 1.165) is 0 Å². The summed E-state index contributed by atoms with van der Waals surface area (Å²) < 4.78 is 4.36. The van der Waals surface area contributed by atoms with Crippen molar-refractivity contribution in [1.29, 1.82) is 5.26 Å². The van der Waals surface area contributed by atoms with Crippen molar-refractivity contribution in [3.05, 3.63) is 0 Å². The molecule has 0 aromatic heterocycles. The number of hydrogen-bond donors (Lipinski definition) is 2. The predicted octanol–water partition coefficient (Wildman–Crippen LogP) is -0.805. The van der Waals surface area contributed by atoms with Crippen LogP contribution in [0.3, 0.4) is 0 Å². The zero-order chi connectivity index (χ0) is 7.82. The molecule has 0 saturated carbocycles. The fraction of sp³-hybridized carbons (Fsp3) is 0.600. The lowest BCUT2D eigenvalue weighted by atomic mass is 10.6. The van der Waals surface area contributed by atoms with Gasteiger partial charge in [-0.25, -0.2) is 4.79 Å². The van der Waals surface area contributed by atoms with E-state index in [9.17, 15) is 4.79 Å². The summed E-state index contributed by atoms with van der Waals surface area (Å²) in [7, 11) is 0. The minimum Gasteiger partial charge on any atom is -0.448 e. The Labute approximate surface area is 58.8 Å². The van der Waals surface area contributed by atoms with Crippen molar-refractivity contribution in [3.8, 4) is 6.07 Å². The minimum absolute atomic E-state index is 0.205. The van der Waals surface area contributed by atoms with Crippen molar-refractivity contribution in [1.82, 2.24) is 5.32 Å². The molecule has 0 aliphatic rings. The third-order valence-electron chi connectivity index (χ3n) is 0.727. The van der Waals surface area contributed by atoms with Crippen LogP contribution in [-0.4, -0.2) is 25.8 Å². The van der Waals surface area contributed by atoms with E-state index in [0.29, 0.717) is 6.54 Å². The summed E-state index contributed by atoms with van der Waals surface area (Å²) in [6.45, 7) is 0.912. The average molecular weight is 143 g/mol. The van der Waals surface area contributed by atoms with Gasteiger partial charge in [0, 0.05) is 6.54 Å². The molecule has 0 saturated heterocycles. The lowest BCUT2D eigenvalue weighted by Crippen LogP contribution is -2.23. The van der Waals surface area contributed by atoms with Crippen LogP contribution in [0, 0.1) is 11.3 Å². The number of hydrogen-bond acceptors (Lipinski definition) is 4. The van der Waals surface area contributed by atoms with Crippen molar-refractivity contribution in [2.45, 2.75) is 0 Å². The minimum atomic E-state index is -0.793. The average Bonchev–Trinajstić information content (AvgIpc) is 1.87. The first-order chi connectivity index (χ1) is 4.77. The van der Waals surface area contributed by atoms with Gasteiger partial charge < -0.3 is 15.8 Å². The van der Waals surface area contributed by atoms with Crippen molar-refractivity contribution in [2.75, 3.05) is 19.7 Å². The summed E-state index contributed by atoms with van der Waals surface area (Å²) in [5.41, 5.74) is 4.65. The second kappa shape index (κ2) is 5.85. The number of ether oxygens (including phenoxy) is 1. The van der Waals surface area contributed by atoms with Gasteiger partial charge in [0.05, 0.1) is 12.6 Å². The molecule has 0 bridgehead atoms. The van der Waals surface area contributed by atoms with Crippen LogP contribution in [0.15, 0.2) is 0 Å². The number of nitriles is 1. The molecule has 0 aliphatic heterocycles. The molecule has 0 fully saturated rings. The van der Waals surface area contributed by atoms with Crippen molar-refractivity contribution >= 4 is 6.09 Å². The highest BCUT2D eigenvalue weighted by Gasteiger charge is 1.90. The Morgan fingerprint density at radius 1 is 1.80 bits per heavy atom. The second-order valence-electron chi connectivity index (χ2n) is 1.50. The van der Waals surface area contributed by atoms with Gasteiger partial charge in [-0.15, -0.1) is 0 Å². The summed E-state index contributed by atoms with van der Waals surface area (Å²) in [6.07, 6.45) is -0.793. The third kappa shape index (κ3) is 6.72. The molecular weight excluding hydrogens is 134 g/mol. The number of nitrogens with zero attached hydrogens (tertiary/aromatic N) is 1. The first-order valence-electron chi connectivity index (χ1n) is 2.77. The molecule has 0 unspecified atom stereocenters. The highest BCUT2D eigenvalue weighted by atomic mass is 16.5. The second-order valence-corrected chi connectivity index (χ2v) is 1.50. The third-order valence-corrected chi connectivity index (χ3v) is 0.727. The molecule has 0 radical (unpaired) electrons. The first kappa shape index (κ1) is 8.72. The fourth-order valence-corrected chi connectivity index (χ4v) is 0.368. The van der Waals surface area contributed by atoms with E-state index in [4.69, 9.17) is 5.26 Å². The number of carbonyl (C=O) groups is 1. The van der Waals surface area contributed by atoms with Gasteiger partial charge in [-0.1, -0.05) is 0 Å². The number of rotatable bonds is 4. The van der Waals surface area contributed by atoms with Gasteiger partial charge in [-0.2, -0.15) is 5.26 Å². The van der Waals surface area contributed by atoms with Crippen LogP contribution >= 0.6 is 0 Å². The molecule has 5 heteroatoms. The van der Waals surface area contributed by atoms with E-state index in [1.807, 2.05) is 6.07 Å².